The number of piperidine rings is 1. The number of nitrogens with one attached hydrogen (secondary N) is 1. The molecule has 0 spiro atoms. The Morgan fingerprint density at radius 3 is 2.85 bits per heavy atom. The fraction of sp³-hybridized carbons (Fsp3) is 0.389. The van der Waals surface area contributed by atoms with E-state index in [4.69, 9.17) is 9.72 Å². The van der Waals surface area contributed by atoms with Crippen molar-refractivity contribution in [3.8, 4) is 17.0 Å². The zero-order chi connectivity index (χ0) is 18.1. The minimum atomic E-state index is 0.0276. The third-order valence-corrected chi connectivity index (χ3v) is 5.71. The van der Waals surface area contributed by atoms with Crippen LogP contribution in [0.15, 0.2) is 30.5 Å². The fourth-order valence-corrected chi connectivity index (χ4v) is 4.21. The summed E-state index contributed by atoms with van der Waals surface area (Å²) in [6.07, 6.45) is 3.87. The Kier molecular flexibility index (Phi) is 4.50. The molecule has 1 unspecified atom stereocenters. The molecule has 26 heavy (non-hydrogen) atoms. The molecule has 4 rings (SSSR count). The Bertz CT molecular complexity index is 886. The van der Waals surface area contributed by atoms with Crippen LogP contribution in [-0.4, -0.2) is 47.8 Å². The summed E-state index contributed by atoms with van der Waals surface area (Å²) in [4.78, 5) is 19.7. The van der Waals surface area contributed by atoms with Crippen LogP contribution >= 0.6 is 11.3 Å². The maximum atomic E-state index is 11.9. The molecule has 1 N–H and O–H groups in total. The molecule has 1 aromatic carbocycles. The predicted molar refractivity (Wildman–Crippen MR) is 102 cm³/mol. The molecule has 1 aliphatic heterocycles. The van der Waals surface area contributed by atoms with E-state index in [1.165, 1.54) is 0 Å². The van der Waals surface area contributed by atoms with Gasteiger partial charge in [-0.15, -0.1) is 5.10 Å². The Morgan fingerprint density at radius 1 is 1.35 bits per heavy atom. The molecule has 1 saturated heterocycles. The smallest absolute Gasteiger partial charge is 0.224 e. The number of carbonyl (C=O) groups excluding carboxylic acids is 1. The number of benzene rings is 1. The molecule has 0 saturated carbocycles. The summed E-state index contributed by atoms with van der Waals surface area (Å²) in [6.45, 7) is 1.64. The fourth-order valence-electron chi connectivity index (χ4n) is 3.29. The summed E-state index contributed by atoms with van der Waals surface area (Å²) >= 11 is 1.56. The molecule has 1 amide bonds. The van der Waals surface area contributed by atoms with Gasteiger partial charge in [0.25, 0.3) is 0 Å². The number of anilines is 1. The number of fused-ring (bicyclic) bond motifs is 1. The summed E-state index contributed by atoms with van der Waals surface area (Å²) in [5, 5.41) is 8.35. The lowest BCUT2D eigenvalue weighted by molar-refractivity contribution is -0.124. The van der Waals surface area contributed by atoms with Gasteiger partial charge >= 0.3 is 0 Å². The van der Waals surface area contributed by atoms with Crippen molar-refractivity contribution in [2.24, 2.45) is 5.92 Å². The summed E-state index contributed by atoms with van der Waals surface area (Å²) in [6, 6.07) is 7.83. The molecular weight excluding hydrogens is 350 g/mol. The Balaban J connectivity index is 1.55. The highest BCUT2D eigenvalue weighted by Gasteiger charge is 2.27. The van der Waals surface area contributed by atoms with Crippen molar-refractivity contribution < 1.29 is 9.53 Å². The first-order valence-electron chi connectivity index (χ1n) is 8.65. The second-order valence-corrected chi connectivity index (χ2v) is 7.30. The summed E-state index contributed by atoms with van der Waals surface area (Å²) in [5.74, 6) is 0.962. The molecule has 1 atom stereocenters. The third kappa shape index (κ3) is 3.12. The van der Waals surface area contributed by atoms with Crippen LogP contribution in [-0.2, 0) is 4.79 Å². The van der Waals surface area contributed by atoms with Gasteiger partial charge in [-0.2, -0.15) is 0 Å². The van der Waals surface area contributed by atoms with E-state index in [2.05, 4.69) is 15.3 Å². The zero-order valence-electron chi connectivity index (χ0n) is 14.8. The molecular formula is C18H21N5O2S. The van der Waals surface area contributed by atoms with E-state index in [9.17, 15) is 4.79 Å². The number of nitrogens with zero attached hydrogens (tertiary/aromatic N) is 4. The first-order chi connectivity index (χ1) is 12.7. The standard InChI is InChI=1S/C18H21N5O2S/c1-19-16(24)13-4-3-9-22(10-13)18-21-23-11-15(20-17(23)26-18)12-5-7-14(25-2)8-6-12/h5-8,11,13H,3-4,9-10H2,1-2H3,(H,19,24). The molecule has 3 heterocycles. The SMILES string of the molecule is CNC(=O)C1CCCN(c2nn3cc(-c4ccc(OC)cc4)nc3s2)C1. The Labute approximate surface area is 155 Å². The van der Waals surface area contributed by atoms with E-state index in [1.54, 1.807) is 25.5 Å². The number of methoxy groups -OCH3 is 1. The van der Waals surface area contributed by atoms with E-state index >= 15 is 0 Å². The van der Waals surface area contributed by atoms with Gasteiger partial charge in [0.05, 0.1) is 24.9 Å². The number of hydrogen-bond donors (Lipinski definition) is 1. The molecule has 1 aliphatic rings. The predicted octanol–water partition coefficient (Wildman–Crippen LogP) is 2.43. The van der Waals surface area contributed by atoms with Crippen LogP contribution in [0.25, 0.3) is 16.2 Å². The molecule has 7 nitrogen and oxygen atoms in total. The van der Waals surface area contributed by atoms with Gasteiger partial charge in [0.15, 0.2) is 0 Å². The second-order valence-electron chi connectivity index (χ2n) is 6.37. The van der Waals surface area contributed by atoms with Crippen molar-refractivity contribution in [2.75, 3.05) is 32.1 Å². The van der Waals surface area contributed by atoms with E-state index < -0.39 is 0 Å². The van der Waals surface area contributed by atoms with Crippen LogP contribution in [0.1, 0.15) is 12.8 Å². The van der Waals surface area contributed by atoms with Gasteiger partial charge in [-0.1, -0.05) is 11.3 Å². The summed E-state index contributed by atoms with van der Waals surface area (Å²) < 4.78 is 7.02. The highest BCUT2D eigenvalue weighted by Crippen LogP contribution is 2.30. The largest absolute Gasteiger partial charge is 0.497 e. The van der Waals surface area contributed by atoms with E-state index in [1.807, 2.05) is 35.0 Å². The Hall–Kier alpha value is -2.61. The maximum absolute atomic E-state index is 11.9. The second kappa shape index (κ2) is 6.95. The van der Waals surface area contributed by atoms with Gasteiger partial charge < -0.3 is 15.0 Å². The number of amides is 1. The van der Waals surface area contributed by atoms with Crippen molar-refractivity contribution in [3.63, 3.8) is 0 Å². The van der Waals surface area contributed by atoms with Crippen LogP contribution in [0.4, 0.5) is 5.13 Å². The molecule has 3 aromatic rings. The van der Waals surface area contributed by atoms with Gasteiger partial charge in [-0.3, -0.25) is 4.79 Å². The first-order valence-corrected chi connectivity index (χ1v) is 9.47. The van der Waals surface area contributed by atoms with E-state index in [0.717, 1.165) is 46.5 Å². The van der Waals surface area contributed by atoms with Crippen molar-refractivity contribution in [3.05, 3.63) is 30.5 Å². The maximum Gasteiger partial charge on any atom is 0.224 e. The quantitative estimate of drug-likeness (QED) is 0.763. The normalized spacial score (nSPS) is 17.5. The van der Waals surface area contributed by atoms with Crippen molar-refractivity contribution >= 4 is 27.3 Å². The van der Waals surface area contributed by atoms with Crippen LogP contribution in [0, 0.1) is 5.92 Å². The average Bonchev–Trinajstić information content (AvgIpc) is 3.27. The van der Waals surface area contributed by atoms with Crippen molar-refractivity contribution in [2.45, 2.75) is 12.8 Å². The van der Waals surface area contributed by atoms with Gasteiger partial charge in [-0.05, 0) is 37.1 Å². The summed E-state index contributed by atoms with van der Waals surface area (Å²) in [5.41, 5.74) is 1.92. The number of aromatic nitrogens is 3. The molecule has 136 valence electrons. The molecule has 0 bridgehead atoms. The number of imidazole rings is 1. The lowest BCUT2D eigenvalue weighted by Crippen LogP contribution is -2.42. The molecule has 0 aliphatic carbocycles. The molecule has 1 fully saturated rings. The highest BCUT2D eigenvalue weighted by molar-refractivity contribution is 7.20. The average molecular weight is 371 g/mol. The monoisotopic (exact) mass is 371 g/mol. The van der Waals surface area contributed by atoms with Crippen LogP contribution < -0.4 is 15.0 Å². The Morgan fingerprint density at radius 2 is 2.15 bits per heavy atom. The third-order valence-electron chi connectivity index (χ3n) is 4.73. The zero-order valence-corrected chi connectivity index (χ0v) is 15.6. The van der Waals surface area contributed by atoms with E-state index in [-0.39, 0.29) is 11.8 Å². The van der Waals surface area contributed by atoms with Crippen molar-refractivity contribution in [1.82, 2.24) is 19.9 Å². The van der Waals surface area contributed by atoms with Gasteiger partial charge in [-0.25, -0.2) is 9.50 Å². The van der Waals surface area contributed by atoms with Crippen LogP contribution in [0.3, 0.4) is 0 Å². The first kappa shape index (κ1) is 16.8. The van der Waals surface area contributed by atoms with E-state index in [0.29, 0.717) is 6.54 Å². The molecule has 8 heteroatoms. The molecule has 0 radical (unpaired) electrons. The lowest BCUT2D eigenvalue weighted by atomic mass is 9.98. The minimum absolute atomic E-state index is 0.0276. The summed E-state index contributed by atoms with van der Waals surface area (Å²) in [7, 11) is 3.35. The van der Waals surface area contributed by atoms with Gasteiger partial charge in [0.1, 0.15) is 5.75 Å². The highest BCUT2D eigenvalue weighted by atomic mass is 32.1. The number of carbonyl (C=O) groups is 1. The van der Waals surface area contributed by atoms with Crippen molar-refractivity contribution in [1.29, 1.82) is 0 Å². The molecule has 2 aromatic heterocycles. The number of rotatable bonds is 4. The van der Waals surface area contributed by atoms with Gasteiger partial charge in [0, 0.05) is 25.7 Å². The topological polar surface area (TPSA) is 71.8 Å². The number of hydrogen-bond acceptors (Lipinski definition) is 6. The van der Waals surface area contributed by atoms with Gasteiger partial charge in [0.2, 0.25) is 16.0 Å². The van der Waals surface area contributed by atoms with Crippen LogP contribution in [0.2, 0.25) is 0 Å². The number of ether oxygens (including phenoxy) is 1. The minimum Gasteiger partial charge on any atom is -0.497 e. The van der Waals surface area contributed by atoms with Crippen LogP contribution in [0.5, 0.6) is 5.75 Å². The lowest BCUT2D eigenvalue weighted by Gasteiger charge is -2.31.